The third kappa shape index (κ3) is 0.802. The molecule has 0 aromatic heterocycles. The molecule has 0 N–H and O–H groups in total. The number of carbonyl (C=O) groups is 1. The number of hydrogen-bond donors (Lipinski definition) is 0. The second kappa shape index (κ2) is 2.17. The lowest BCUT2D eigenvalue weighted by Gasteiger charge is -2.35. The summed E-state index contributed by atoms with van der Waals surface area (Å²) in [5, 5.41) is 9.16. The Balaban J connectivity index is 2.29. The molecule has 2 aliphatic rings. The van der Waals surface area contributed by atoms with E-state index in [0.29, 0.717) is 6.42 Å². The monoisotopic (exact) mass is 182 g/mol. The second-order valence-electron chi connectivity index (χ2n) is 3.71. The first-order chi connectivity index (χ1) is 5.56. The van der Waals surface area contributed by atoms with Crippen LogP contribution in [0.15, 0.2) is 0 Å². The third-order valence-corrected chi connectivity index (χ3v) is 3.94. The molecule has 2 unspecified atom stereocenters. The van der Waals surface area contributed by atoms with Gasteiger partial charge in [-0.25, -0.2) is 0 Å². The molecule has 4 heteroatoms. The highest BCUT2D eigenvalue weighted by Crippen LogP contribution is 2.50. The van der Waals surface area contributed by atoms with Crippen molar-refractivity contribution in [2.75, 3.05) is 0 Å². The number of carbonyl (C=O) groups excluding carboxylic acids is 1. The van der Waals surface area contributed by atoms with Gasteiger partial charge in [0.25, 0.3) is 0 Å². The Kier molecular flexibility index (Phi) is 1.43. The molecule has 2 saturated heterocycles. The van der Waals surface area contributed by atoms with Crippen molar-refractivity contribution in [1.29, 1.82) is 5.26 Å². The summed E-state index contributed by atoms with van der Waals surface area (Å²) in [4.78, 5) is 12.8. The van der Waals surface area contributed by atoms with E-state index in [1.165, 1.54) is 0 Å². The molecular formula is C8H10N2OS. The smallest absolute Gasteiger partial charge is 0.227 e. The highest BCUT2D eigenvalue weighted by atomic mass is 32.2. The number of nitriles is 1. The molecule has 12 heavy (non-hydrogen) atoms. The van der Waals surface area contributed by atoms with Crippen LogP contribution in [-0.2, 0) is 4.79 Å². The molecule has 0 aromatic carbocycles. The van der Waals surface area contributed by atoms with E-state index in [1.54, 1.807) is 16.7 Å². The van der Waals surface area contributed by atoms with Crippen molar-refractivity contribution >= 4 is 17.7 Å². The van der Waals surface area contributed by atoms with Crippen LogP contribution >= 0.6 is 11.8 Å². The van der Waals surface area contributed by atoms with Crippen molar-refractivity contribution in [3.05, 3.63) is 0 Å². The molecule has 2 atom stereocenters. The van der Waals surface area contributed by atoms with Gasteiger partial charge in [0, 0.05) is 4.75 Å². The zero-order valence-corrected chi connectivity index (χ0v) is 7.89. The van der Waals surface area contributed by atoms with Crippen LogP contribution in [0.1, 0.15) is 20.3 Å². The quantitative estimate of drug-likeness (QED) is 0.524. The predicted molar refractivity (Wildman–Crippen MR) is 46.3 cm³/mol. The summed E-state index contributed by atoms with van der Waals surface area (Å²) in [6, 6.07) is 1.97. The fourth-order valence-electron chi connectivity index (χ4n) is 1.78. The largest absolute Gasteiger partial charge is 0.313 e. The molecule has 0 spiro atoms. The van der Waals surface area contributed by atoms with Crippen LogP contribution in [0.3, 0.4) is 0 Å². The Hall–Kier alpha value is -0.690. The molecule has 2 rings (SSSR count). The summed E-state index contributed by atoms with van der Waals surface area (Å²) in [5.41, 5.74) is 0. The van der Waals surface area contributed by atoms with Gasteiger partial charge in [-0.15, -0.1) is 11.8 Å². The minimum atomic E-state index is -0.228. The maximum Gasteiger partial charge on any atom is 0.227 e. The molecule has 2 fully saturated rings. The maximum atomic E-state index is 11.1. The molecule has 2 aliphatic heterocycles. The van der Waals surface area contributed by atoms with E-state index in [1.807, 2.05) is 13.8 Å². The highest BCUT2D eigenvalue weighted by Gasteiger charge is 2.55. The molecule has 0 saturated carbocycles. The molecule has 2 heterocycles. The first-order valence-corrected chi connectivity index (χ1v) is 4.83. The number of fused-ring (bicyclic) bond motifs is 1. The number of rotatable bonds is 0. The zero-order valence-electron chi connectivity index (χ0n) is 7.07. The van der Waals surface area contributed by atoms with Crippen LogP contribution in [0, 0.1) is 11.3 Å². The van der Waals surface area contributed by atoms with E-state index in [0.717, 1.165) is 0 Å². The Morgan fingerprint density at radius 2 is 2.42 bits per heavy atom. The average molecular weight is 182 g/mol. The lowest BCUT2D eigenvalue weighted by atomic mass is 10.00. The summed E-state index contributed by atoms with van der Waals surface area (Å²) >= 11 is 1.74. The van der Waals surface area contributed by atoms with Gasteiger partial charge in [0.05, 0.1) is 17.9 Å². The van der Waals surface area contributed by atoms with E-state index < -0.39 is 0 Å². The Labute approximate surface area is 75.7 Å². The Bertz CT molecular complexity index is 281. The fraction of sp³-hybridized carbons (Fsp3) is 0.750. The Morgan fingerprint density at radius 3 is 2.83 bits per heavy atom. The molecule has 0 radical (unpaired) electrons. The van der Waals surface area contributed by atoms with Gasteiger partial charge in [-0.2, -0.15) is 5.26 Å². The van der Waals surface area contributed by atoms with Gasteiger partial charge in [-0.1, -0.05) is 0 Å². The van der Waals surface area contributed by atoms with Crippen LogP contribution in [0.2, 0.25) is 0 Å². The first kappa shape index (κ1) is 7.93. The minimum absolute atomic E-state index is 0.0917. The van der Waals surface area contributed by atoms with E-state index in [4.69, 9.17) is 5.26 Å². The molecule has 0 bridgehead atoms. The maximum absolute atomic E-state index is 11.1. The minimum Gasteiger partial charge on any atom is -0.313 e. The highest BCUT2D eigenvalue weighted by molar-refractivity contribution is 8.01. The van der Waals surface area contributed by atoms with Crippen molar-refractivity contribution in [3.63, 3.8) is 0 Å². The van der Waals surface area contributed by atoms with Crippen LogP contribution < -0.4 is 0 Å². The van der Waals surface area contributed by atoms with E-state index in [9.17, 15) is 4.79 Å². The second-order valence-corrected chi connectivity index (χ2v) is 5.54. The number of nitrogens with zero attached hydrogens (tertiary/aromatic N) is 2. The standard InChI is InChI=1S/C8H10N2OS/c1-8(2)5(4-9)10-6(11)3-7(10)12-8/h5,7H,3H2,1-2H3. The topological polar surface area (TPSA) is 44.1 Å². The van der Waals surface area contributed by atoms with Gasteiger partial charge in [-0.3, -0.25) is 4.79 Å². The number of thioether (sulfide) groups is 1. The zero-order chi connectivity index (χ0) is 8.93. The van der Waals surface area contributed by atoms with Crippen LogP contribution in [0.5, 0.6) is 0 Å². The lowest BCUT2D eigenvalue weighted by Crippen LogP contribution is -2.53. The van der Waals surface area contributed by atoms with Crippen molar-refractivity contribution < 1.29 is 4.79 Å². The van der Waals surface area contributed by atoms with Crippen LogP contribution in [0.4, 0.5) is 0 Å². The lowest BCUT2D eigenvalue weighted by molar-refractivity contribution is -0.142. The van der Waals surface area contributed by atoms with Crippen molar-refractivity contribution in [1.82, 2.24) is 4.90 Å². The van der Waals surface area contributed by atoms with E-state index >= 15 is 0 Å². The van der Waals surface area contributed by atoms with Crippen molar-refractivity contribution in [2.45, 2.75) is 36.4 Å². The summed E-state index contributed by atoms with van der Waals surface area (Å²) in [7, 11) is 0. The molecule has 1 amide bonds. The summed E-state index contributed by atoms with van der Waals surface area (Å²) < 4.78 is -0.0917. The number of hydrogen-bond acceptors (Lipinski definition) is 3. The Morgan fingerprint density at radius 1 is 1.75 bits per heavy atom. The third-order valence-electron chi connectivity index (χ3n) is 2.45. The van der Waals surface area contributed by atoms with E-state index in [-0.39, 0.29) is 22.1 Å². The van der Waals surface area contributed by atoms with Crippen molar-refractivity contribution in [2.24, 2.45) is 0 Å². The SMILES string of the molecule is CC1(C)SC2CC(=O)N2C1C#N. The van der Waals surface area contributed by atoms with Gasteiger partial charge in [0.15, 0.2) is 0 Å². The number of β-lactam (4-membered cyclic amide) rings is 1. The molecular weight excluding hydrogens is 172 g/mol. The van der Waals surface area contributed by atoms with Gasteiger partial charge < -0.3 is 4.90 Å². The first-order valence-electron chi connectivity index (χ1n) is 3.95. The summed E-state index contributed by atoms with van der Waals surface area (Å²) in [5.74, 6) is 0.129. The van der Waals surface area contributed by atoms with Gasteiger partial charge in [-0.05, 0) is 13.8 Å². The summed E-state index contributed by atoms with van der Waals surface area (Å²) in [6.07, 6.45) is 0.617. The number of amides is 1. The fourth-order valence-corrected chi connectivity index (χ4v) is 3.35. The van der Waals surface area contributed by atoms with Gasteiger partial charge in [0.1, 0.15) is 6.04 Å². The molecule has 3 nitrogen and oxygen atoms in total. The molecule has 0 aliphatic carbocycles. The van der Waals surface area contributed by atoms with Gasteiger partial charge >= 0.3 is 0 Å². The molecule has 64 valence electrons. The normalized spacial score (nSPS) is 37.1. The predicted octanol–water partition coefficient (Wildman–Crippen LogP) is 0.962. The average Bonchev–Trinajstić information content (AvgIpc) is 2.17. The summed E-state index contributed by atoms with van der Waals surface area (Å²) in [6.45, 7) is 4.05. The van der Waals surface area contributed by atoms with Gasteiger partial charge in [0.2, 0.25) is 5.91 Å². The molecule has 0 aromatic rings. The van der Waals surface area contributed by atoms with Crippen LogP contribution in [-0.4, -0.2) is 27.0 Å². The van der Waals surface area contributed by atoms with Crippen molar-refractivity contribution in [3.8, 4) is 6.07 Å². The van der Waals surface area contributed by atoms with Crippen LogP contribution in [0.25, 0.3) is 0 Å². The van der Waals surface area contributed by atoms with E-state index in [2.05, 4.69) is 6.07 Å².